The Bertz CT molecular complexity index is 195. The van der Waals surface area contributed by atoms with Crippen molar-refractivity contribution in [3.63, 3.8) is 0 Å². The maximum Gasteiger partial charge on any atom is 0.233 e. The first-order valence-electron chi connectivity index (χ1n) is 5.36. The standard InChI is InChI=1S/C10H20N2O3/c1-15-7-9(13)5-11-6-10(14)12-4-8-2-3-8/h8-9,11,13H,2-7H2,1H3,(H,12,14). The molecule has 5 heteroatoms. The number of rotatable bonds is 8. The predicted octanol–water partition coefficient (Wildman–Crippen LogP) is -0.890. The summed E-state index contributed by atoms with van der Waals surface area (Å²) in [4.78, 5) is 11.2. The highest BCUT2D eigenvalue weighted by Gasteiger charge is 2.21. The first-order chi connectivity index (χ1) is 7.22. The second-order valence-corrected chi connectivity index (χ2v) is 3.99. The lowest BCUT2D eigenvalue weighted by atomic mass is 10.3. The lowest BCUT2D eigenvalue weighted by Gasteiger charge is -2.10. The van der Waals surface area contributed by atoms with E-state index in [1.165, 1.54) is 20.0 Å². The molecule has 0 bridgehead atoms. The molecule has 1 rings (SSSR count). The molecule has 1 amide bonds. The third kappa shape index (κ3) is 6.43. The van der Waals surface area contributed by atoms with Crippen molar-refractivity contribution in [2.45, 2.75) is 18.9 Å². The van der Waals surface area contributed by atoms with Crippen LogP contribution in [0.15, 0.2) is 0 Å². The van der Waals surface area contributed by atoms with Gasteiger partial charge in [0.05, 0.1) is 19.3 Å². The summed E-state index contributed by atoms with van der Waals surface area (Å²) in [6, 6.07) is 0. The van der Waals surface area contributed by atoms with Gasteiger partial charge in [-0.05, 0) is 18.8 Å². The van der Waals surface area contributed by atoms with Crippen molar-refractivity contribution in [3.8, 4) is 0 Å². The summed E-state index contributed by atoms with van der Waals surface area (Å²) < 4.78 is 4.76. The highest BCUT2D eigenvalue weighted by Crippen LogP contribution is 2.27. The molecule has 1 fully saturated rings. The lowest BCUT2D eigenvalue weighted by Crippen LogP contribution is -2.39. The fraction of sp³-hybridized carbons (Fsp3) is 0.900. The second kappa shape index (κ2) is 6.76. The van der Waals surface area contributed by atoms with Crippen molar-refractivity contribution < 1.29 is 14.6 Å². The normalized spacial score (nSPS) is 17.5. The average Bonchev–Trinajstić information content (AvgIpc) is 2.98. The highest BCUT2D eigenvalue weighted by atomic mass is 16.5. The summed E-state index contributed by atoms with van der Waals surface area (Å²) in [7, 11) is 1.53. The van der Waals surface area contributed by atoms with Crippen LogP contribution >= 0.6 is 0 Å². The van der Waals surface area contributed by atoms with Crippen molar-refractivity contribution >= 4 is 5.91 Å². The summed E-state index contributed by atoms with van der Waals surface area (Å²) in [6.07, 6.45) is 1.92. The number of aliphatic hydroxyl groups excluding tert-OH is 1. The van der Waals surface area contributed by atoms with Crippen LogP contribution in [-0.4, -0.2) is 50.5 Å². The minimum Gasteiger partial charge on any atom is -0.389 e. The number of hydrogen-bond donors (Lipinski definition) is 3. The van der Waals surface area contributed by atoms with Crippen molar-refractivity contribution in [1.82, 2.24) is 10.6 Å². The molecule has 0 heterocycles. The fourth-order valence-electron chi connectivity index (χ4n) is 1.25. The maximum absolute atomic E-state index is 11.2. The third-order valence-electron chi connectivity index (χ3n) is 2.31. The van der Waals surface area contributed by atoms with Gasteiger partial charge in [-0.2, -0.15) is 0 Å². The summed E-state index contributed by atoms with van der Waals surface area (Å²) >= 11 is 0. The minimum absolute atomic E-state index is 0.00785. The maximum atomic E-state index is 11.2. The Morgan fingerprint density at radius 1 is 1.60 bits per heavy atom. The van der Waals surface area contributed by atoms with E-state index in [2.05, 4.69) is 10.6 Å². The van der Waals surface area contributed by atoms with Gasteiger partial charge in [0.2, 0.25) is 5.91 Å². The molecular formula is C10H20N2O3. The number of methoxy groups -OCH3 is 1. The van der Waals surface area contributed by atoms with Gasteiger partial charge in [-0.15, -0.1) is 0 Å². The molecule has 0 aromatic carbocycles. The molecule has 0 spiro atoms. The van der Waals surface area contributed by atoms with E-state index in [4.69, 9.17) is 4.74 Å². The molecule has 0 aliphatic heterocycles. The van der Waals surface area contributed by atoms with E-state index in [-0.39, 0.29) is 19.1 Å². The van der Waals surface area contributed by atoms with Gasteiger partial charge in [0, 0.05) is 20.2 Å². The van der Waals surface area contributed by atoms with Gasteiger partial charge in [0.1, 0.15) is 0 Å². The minimum atomic E-state index is -0.550. The highest BCUT2D eigenvalue weighted by molar-refractivity contribution is 5.77. The Morgan fingerprint density at radius 2 is 2.33 bits per heavy atom. The molecule has 3 N–H and O–H groups in total. The smallest absolute Gasteiger partial charge is 0.233 e. The summed E-state index contributed by atoms with van der Waals surface area (Å²) in [5, 5.41) is 15.0. The van der Waals surface area contributed by atoms with Crippen LogP contribution in [0.25, 0.3) is 0 Å². The summed E-state index contributed by atoms with van der Waals surface area (Å²) in [6.45, 7) is 1.72. The molecule has 0 aromatic rings. The topological polar surface area (TPSA) is 70.6 Å². The molecule has 0 aromatic heterocycles. The van der Waals surface area contributed by atoms with Gasteiger partial charge >= 0.3 is 0 Å². The molecule has 0 saturated heterocycles. The van der Waals surface area contributed by atoms with E-state index in [9.17, 15) is 9.90 Å². The van der Waals surface area contributed by atoms with Gasteiger partial charge < -0.3 is 20.5 Å². The largest absolute Gasteiger partial charge is 0.389 e. The van der Waals surface area contributed by atoms with Crippen molar-refractivity contribution in [2.24, 2.45) is 5.92 Å². The molecule has 1 aliphatic rings. The molecule has 5 nitrogen and oxygen atoms in total. The Hall–Kier alpha value is -0.650. The molecule has 1 unspecified atom stereocenters. The molecule has 88 valence electrons. The first-order valence-corrected chi connectivity index (χ1v) is 5.36. The molecule has 1 aliphatic carbocycles. The van der Waals surface area contributed by atoms with Gasteiger partial charge in [-0.25, -0.2) is 0 Å². The Morgan fingerprint density at radius 3 is 2.93 bits per heavy atom. The fourth-order valence-corrected chi connectivity index (χ4v) is 1.25. The van der Waals surface area contributed by atoms with Crippen LogP contribution in [0.2, 0.25) is 0 Å². The lowest BCUT2D eigenvalue weighted by molar-refractivity contribution is -0.120. The van der Waals surface area contributed by atoms with Gasteiger partial charge in [-0.1, -0.05) is 0 Å². The van der Waals surface area contributed by atoms with Crippen molar-refractivity contribution in [2.75, 3.05) is 33.4 Å². The van der Waals surface area contributed by atoms with E-state index in [0.717, 1.165) is 6.54 Å². The van der Waals surface area contributed by atoms with E-state index >= 15 is 0 Å². The summed E-state index contributed by atoms with van der Waals surface area (Å²) in [5.74, 6) is 0.694. The predicted molar refractivity (Wildman–Crippen MR) is 56.5 cm³/mol. The number of ether oxygens (including phenoxy) is 1. The van der Waals surface area contributed by atoms with Crippen LogP contribution in [-0.2, 0) is 9.53 Å². The summed E-state index contributed by atoms with van der Waals surface area (Å²) in [5.41, 5.74) is 0. The zero-order valence-electron chi connectivity index (χ0n) is 9.16. The number of amides is 1. The molecule has 15 heavy (non-hydrogen) atoms. The molecular weight excluding hydrogens is 196 g/mol. The number of hydrogen-bond acceptors (Lipinski definition) is 4. The van der Waals surface area contributed by atoms with Gasteiger partial charge in [-0.3, -0.25) is 4.79 Å². The molecule has 0 radical (unpaired) electrons. The van der Waals surface area contributed by atoms with E-state index in [0.29, 0.717) is 12.5 Å². The molecule has 1 atom stereocenters. The van der Waals surface area contributed by atoms with E-state index in [1.807, 2.05) is 0 Å². The Kier molecular flexibility index (Phi) is 5.60. The average molecular weight is 216 g/mol. The number of carbonyl (C=O) groups excluding carboxylic acids is 1. The zero-order chi connectivity index (χ0) is 11.1. The van der Waals surface area contributed by atoms with E-state index < -0.39 is 6.10 Å². The van der Waals surface area contributed by atoms with E-state index in [1.54, 1.807) is 0 Å². The molecule has 1 saturated carbocycles. The van der Waals surface area contributed by atoms with Crippen molar-refractivity contribution in [1.29, 1.82) is 0 Å². The van der Waals surface area contributed by atoms with Crippen LogP contribution in [0.3, 0.4) is 0 Å². The Labute approximate surface area is 90.2 Å². The van der Waals surface area contributed by atoms with Gasteiger partial charge in [0.15, 0.2) is 0 Å². The second-order valence-electron chi connectivity index (χ2n) is 3.99. The van der Waals surface area contributed by atoms with Crippen LogP contribution < -0.4 is 10.6 Å². The number of carbonyl (C=O) groups is 1. The SMILES string of the molecule is COCC(O)CNCC(=O)NCC1CC1. The van der Waals surface area contributed by atoms with Crippen LogP contribution in [0.4, 0.5) is 0 Å². The van der Waals surface area contributed by atoms with Crippen LogP contribution in [0, 0.1) is 5.92 Å². The number of nitrogens with one attached hydrogen (secondary N) is 2. The van der Waals surface area contributed by atoms with Crippen LogP contribution in [0.1, 0.15) is 12.8 Å². The first kappa shape index (κ1) is 12.4. The van der Waals surface area contributed by atoms with Crippen molar-refractivity contribution in [3.05, 3.63) is 0 Å². The van der Waals surface area contributed by atoms with Crippen LogP contribution in [0.5, 0.6) is 0 Å². The third-order valence-corrected chi connectivity index (χ3v) is 2.31. The quantitative estimate of drug-likeness (QED) is 0.492. The zero-order valence-corrected chi connectivity index (χ0v) is 9.16. The monoisotopic (exact) mass is 216 g/mol. The van der Waals surface area contributed by atoms with Gasteiger partial charge in [0.25, 0.3) is 0 Å². The Balaban J connectivity index is 1.91. The number of aliphatic hydroxyl groups is 1.